The molecule has 32 heavy (non-hydrogen) atoms. The first-order valence-corrected chi connectivity index (χ1v) is 11.5. The summed E-state index contributed by atoms with van der Waals surface area (Å²) in [6.07, 6.45) is 0. The number of carbonyl (C=O) groups excluding carboxylic acids is 1. The van der Waals surface area contributed by atoms with Crippen molar-refractivity contribution in [3.05, 3.63) is 77.4 Å². The first-order valence-electron chi connectivity index (χ1n) is 10.0. The van der Waals surface area contributed by atoms with Gasteiger partial charge in [-0.3, -0.25) is 9.52 Å². The first-order chi connectivity index (χ1) is 15.2. The lowest BCUT2D eigenvalue weighted by molar-refractivity contribution is 0.102. The van der Waals surface area contributed by atoms with E-state index >= 15 is 0 Å². The van der Waals surface area contributed by atoms with Gasteiger partial charge in [0.1, 0.15) is 16.4 Å². The van der Waals surface area contributed by atoms with Crippen molar-refractivity contribution in [1.82, 2.24) is 0 Å². The number of carbonyl (C=O) groups is 1. The Labute approximate surface area is 188 Å². The fraction of sp³-hybridized carbons (Fsp3) is 0.208. The van der Waals surface area contributed by atoms with Crippen molar-refractivity contribution >= 4 is 27.3 Å². The number of nitrogens with one attached hydrogen (secondary N) is 2. The standard InChI is InChI=1S/C24H26N2O5S/c1-5-31-21-9-6-19(7-10-21)26-32(28,29)23-15-20(8-11-22(23)30-4)25-24(27)18-13-16(2)12-17(3)14-18/h6-15,26H,5H2,1-4H3,(H,25,27). The highest BCUT2D eigenvalue weighted by Gasteiger charge is 2.21. The van der Waals surface area contributed by atoms with E-state index in [-0.39, 0.29) is 16.6 Å². The van der Waals surface area contributed by atoms with Crippen LogP contribution in [0.5, 0.6) is 11.5 Å². The molecule has 3 aromatic carbocycles. The molecule has 0 saturated carbocycles. The highest BCUT2D eigenvalue weighted by atomic mass is 32.2. The summed E-state index contributed by atoms with van der Waals surface area (Å²) in [5.74, 6) is 0.474. The minimum Gasteiger partial charge on any atom is -0.495 e. The molecule has 7 nitrogen and oxygen atoms in total. The van der Waals surface area contributed by atoms with E-state index in [0.717, 1.165) is 11.1 Å². The molecule has 0 bridgehead atoms. The van der Waals surface area contributed by atoms with Crippen molar-refractivity contribution in [3.8, 4) is 11.5 Å². The molecule has 0 radical (unpaired) electrons. The first kappa shape index (κ1) is 23.1. The molecule has 0 aromatic heterocycles. The molecule has 0 heterocycles. The Morgan fingerprint density at radius 1 is 0.906 bits per heavy atom. The van der Waals surface area contributed by atoms with Gasteiger partial charge in [0.15, 0.2) is 0 Å². The van der Waals surface area contributed by atoms with Gasteiger partial charge in [-0.05, 0) is 75.4 Å². The number of anilines is 2. The fourth-order valence-corrected chi connectivity index (χ4v) is 4.52. The van der Waals surface area contributed by atoms with Crippen LogP contribution in [0.2, 0.25) is 0 Å². The number of benzene rings is 3. The van der Waals surface area contributed by atoms with Crippen LogP contribution in [0.1, 0.15) is 28.4 Å². The Bertz CT molecular complexity index is 1200. The normalized spacial score (nSPS) is 11.0. The van der Waals surface area contributed by atoms with E-state index in [4.69, 9.17) is 9.47 Å². The summed E-state index contributed by atoms with van der Waals surface area (Å²) in [6.45, 7) is 6.21. The number of methoxy groups -OCH3 is 1. The van der Waals surface area contributed by atoms with Crippen LogP contribution in [-0.4, -0.2) is 28.0 Å². The molecule has 3 aromatic rings. The predicted octanol–water partition coefficient (Wildman–Crippen LogP) is 4.76. The maximum absolute atomic E-state index is 13.1. The van der Waals surface area contributed by atoms with E-state index in [0.29, 0.717) is 29.3 Å². The highest BCUT2D eigenvalue weighted by molar-refractivity contribution is 7.92. The van der Waals surface area contributed by atoms with Crippen molar-refractivity contribution in [2.45, 2.75) is 25.7 Å². The van der Waals surface area contributed by atoms with Crippen LogP contribution < -0.4 is 19.5 Å². The third kappa shape index (κ3) is 5.59. The summed E-state index contributed by atoms with van der Waals surface area (Å²) >= 11 is 0. The summed E-state index contributed by atoms with van der Waals surface area (Å²) in [6, 6.07) is 16.6. The SMILES string of the molecule is CCOc1ccc(NS(=O)(=O)c2cc(NC(=O)c3cc(C)cc(C)c3)ccc2OC)cc1. The van der Waals surface area contributed by atoms with Crippen LogP contribution in [0.15, 0.2) is 65.6 Å². The smallest absolute Gasteiger partial charge is 0.265 e. The van der Waals surface area contributed by atoms with E-state index in [1.165, 1.54) is 19.2 Å². The van der Waals surface area contributed by atoms with Crippen LogP contribution in [0.4, 0.5) is 11.4 Å². The van der Waals surface area contributed by atoms with Gasteiger partial charge in [0.25, 0.3) is 15.9 Å². The molecule has 0 fully saturated rings. The highest BCUT2D eigenvalue weighted by Crippen LogP contribution is 2.29. The average Bonchev–Trinajstić information content (AvgIpc) is 2.74. The van der Waals surface area contributed by atoms with E-state index in [1.807, 2.05) is 26.8 Å². The van der Waals surface area contributed by atoms with Crippen LogP contribution in [0, 0.1) is 13.8 Å². The molecule has 1 amide bonds. The lowest BCUT2D eigenvalue weighted by Crippen LogP contribution is -2.16. The third-order valence-electron chi connectivity index (χ3n) is 4.61. The number of amides is 1. The largest absolute Gasteiger partial charge is 0.495 e. The van der Waals surface area contributed by atoms with Gasteiger partial charge in [0.05, 0.1) is 13.7 Å². The lowest BCUT2D eigenvalue weighted by Gasteiger charge is -2.14. The van der Waals surface area contributed by atoms with Crippen LogP contribution >= 0.6 is 0 Å². The van der Waals surface area contributed by atoms with Gasteiger partial charge in [-0.2, -0.15) is 0 Å². The molecule has 168 valence electrons. The minimum atomic E-state index is -3.98. The maximum Gasteiger partial charge on any atom is 0.265 e. The molecular formula is C24H26N2O5S. The number of hydrogen-bond donors (Lipinski definition) is 2. The second kappa shape index (κ2) is 9.74. The van der Waals surface area contributed by atoms with Gasteiger partial charge in [0, 0.05) is 16.9 Å². The summed E-state index contributed by atoms with van der Waals surface area (Å²) in [5, 5.41) is 2.76. The summed E-state index contributed by atoms with van der Waals surface area (Å²) in [7, 11) is -2.60. The van der Waals surface area contributed by atoms with Gasteiger partial charge in [-0.15, -0.1) is 0 Å². The van der Waals surface area contributed by atoms with Crippen molar-refractivity contribution in [3.63, 3.8) is 0 Å². The number of ether oxygens (including phenoxy) is 2. The van der Waals surface area contributed by atoms with Crippen molar-refractivity contribution < 1.29 is 22.7 Å². The third-order valence-corrected chi connectivity index (χ3v) is 6.01. The summed E-state index contributed by atoms with van der Waals surface area (Å²) < 4.78 is 39.3. The fourth-order valence-electron chi connectivity index (χ4n) is 3.27. The molecular weight excluding hydrogens is 428 g/mol. The Hall–Kier alpha value is -3.52. The van der Waals surface area contributed by atoms with Gasteiger partial charge in [-0.1, -0.05) is 17.2 Å². The van der Waals surface area contributed by atoms with E-state index < -0.39 is 10.0 Å². The Morgan fingerprint density at radius 2 is 1.53 bits per heavy atom. The minimum absolute atomic E-state index is 0.0906. The lowest BCUT2D eigenvalue weighted by atomic mass is 10.1. The summed E-state index contributed by atoms with van der Waals surface area (Å²) in [5.41, 5.74) is 3.14. The zero-order valence-electron chi connectivity index (χ0n) is 18.4. The molecule has 0 spiro atoms. The zero-order chi connectivity index (χ0) is 23.3. The van der Waals surface area contributed by atoms with E-state index in [9.17, 15) is 13.2 Å². The number of rotatable bonds is 8. The van der Waals surface area contributed by atoms with Gasteiger partial charge >= 0.3 is 0 Å². The Kier molecular flexibility index (Phi) is 7.05. The summed E-state index contributed by atoms with van der Waals surface area (Å²) in [4.78, 5) is 12.6. The molecule has 0 aliphatic carbocycles. The van der Waals surface area contributed by atoms with Crippen LogP contribution in [0.3, 0.4) is 0 Å². The molecule has 0 aliphatic rings. The van der Waals surface area contributed by atoms with E-state index in [2.05, 4.69) is 10.0 Å². The van der Waals surface area contributed by atoms with Crippen molar-refractivity contribution in [1.29, 1.82) is 0 Å². The van der Waals surface area contributed by atoms with Crippen LogP contribution in [-0.2, 0) is 10.0 Å². The second-order valence-corrected chi connectivity index (χ2v) is 8.91. The predicted molar refractivity (Wildman–Crippen MR) is 125 cm³/mol. The molecule has 3 rings (SSSR count). The van der Waals surface area contributed by atoms with Crippen molar-refractivity contribution in [2.24, 2.45) is 0 Å². The quantitative estimate of drug-likeness (QED) is 0.512. The number of sulfonamides is 1. The van der Waals surface area contributed by atoms with E-state index in [1.54, 1.807) is 42.5 Å². The Morgan fingerprint density at radius 3 is 2.12 bits per heavy atom. The molecule has 0 unspecified atom stereocenters. The topological polar surface area (TPSA) is 93.7 Å². The molecule has 2 N–H and O–H groups in total. The van der Waals surface area contributed by atoms with Crippen LogP contribution in [0.25, 0.3) is 0 Å². The van der Waals surface area contributed by atoms with Crippen molar-refractivity contribution in [2.75, 3.05) is 23.8 Å². The number of hydrogen-bond acceptors (Lipinski definition) is 5. The maximum atomic E-state index is 13.1. The monoisotopic (exact) mass is 454 g/mol. The molecule has 0 atom stereocenters. The zero-order valence-corrected chi connectivity index (χ0v) is 19.2. The van der Waals surface area contributed by atoms with Gasteiger partial charge < -0.3 is 14.8 Å². The Balaban J connectivity index is 1.87. The molecule has 0 aliphatic heterocycles. The molecule has 0 saturated heterocycles. The van der Waals surface area contributed by atoms with Gasteiger partial charge in [-0.25, -0.2) is 8.42 Å². The van der Waals surface area contributed by atoms with Gasteiger partial charge in [0.2, 0.25) is 0 Å². The number of aryl methyl sites for hydroxylation is 2. The average molecular weight is 455 g/mol. The molecule has 8 heteroatoms. The second-order valence-electron chi connectivity index (χ2n) is 7.26.